The van der Waals surface area contributed by atoms with Gasteiger partial charge in [-0.25, -0.2) is 0 Å². The monoisotopic (exact) mass is 435 g/mol. The second-order valence-electron chi connectivity index (χ2n) is 6.36. The van der Waals surface area contributed by atoms with Crippen LogP contribution in [-0.2, 0) is 14.3 Å². The maximum absolute atomic E-state index is 11.2. The average molecular weight is 435 g/mol. The lowest BCUT2D eigenvalue weighted by molar-refractivity contribution is -0.141. The summed E-state index contributed by atoms with van der Waals surface area (Å²) < 4.78 is 11.1. The molecular weight excluding hydrogens is 409 g/mol. The second kappa shape index (κ2) is 9.60. The largest absolute Gasteiger partial charge is 0.469 e. The Balaban J connectivity index is 2.62. The van der Waals surface area contributed by atoms with Crippen LogP contribution >= 0.6 is 22.6 Å². The second-order valence-corrected chi connectivity index (χ2v) is 7.13. The number of alkyl halides is 1. The number of aliphatic hydroxyl groups is 1. The molecular formula is C17H26INO4. The first kappa shape index (κ1) is 20.4. The third kappa shape index (κ3) is 6.40. The number of nitriles is 1. The van der Waals surface area contributed by atoms with Crippen LogP contribution in [0.3, 0.4) is 0 Å². The summed E-state index contributed by atoms with van der Waals surface area (Å²) in [7, 11) is 1.37. The van der Waals surface area contributed by atoms with Crippen LogP contribution in [-0.4, -0.2) is 40.4 Å². The normalized spacial score (nSPS) is 30.1. The van der Waals surface area contributed by atoms with Gasteiger partial charge in [0.15, 0.2) is 0 Å². The topological polar surface area (TPSA) is 79.5 Å². The van der Waals surface area contributed by atoms with Crippen molar-refractivity contribution in [1.29, 1.82) is 5.26 Å². The first-order chi connectivity index (χ1) is 10.8. The summed E-state index contributed by atoms with van der Waals surface area (Å²) >= 11 is 2.17. The molecule has 1 aliphatic heterocycles. The van der Waals surface area contributed by atoms with Crippen molar-refractivity contribution >= 4 is 28.6 Å². The van der Waals surface area contributed by atoms with Crippen molar-refractivity contribution in [1.82, 2.24) is 0 Å². The molecule has 0 amide bonds. The minimum atomic E-state index is -0.904. The number of ether oxygens (including phenoxy) is 2. The van der Waals surface area contributed by atoms with Crippen LogP contribution in [0, 0.1) is 23.2 Å². The Morgan fingerprint density at radius 2 is 2.30 bits per heavy atom. The van der Waals surface area contributed by atoms with Crippen molar-refractivity contribution in [2.75, 3.05) is 11.5 Å². The summed E-state index contributed by atoms with van der Waals surface area (Å²) in [5.74, 6) is 0.000888. The van der Waals surface area contributed by atoms with Gasteiger partial charge in [-0.3, -0.25) is 4.79 Å². The lowest BCUT2D eigenvalue weighted by Gasteiger charge is -2.24. The van der Waals surface area contributed by atoms with Crippen LogP contribution in [0.2, 0.25) is 0 Å². The molecule has 5 nitrogen and oxygen atoms in total. The molecule has 5 atom stereocenters. The summed E-state index contributed by atoms with van der Waals surface area (Å²) in [6, 6.07) is 2.23. The minimum absolute atomic E-state index is 0.00964. The predicted octanol–water partition coefficient (Wildman–Crippen LogP) is 3.01. The van der Waals surface area contributed by atoms with Gasteiger partial charge in [0.2, 0.25) is 0 Å². The molecule has 0 radical (unpaired) electrons. The molecule has 130 valence electrons. The van der Waals surface area contributed by atoms with E-state index in [2.05, 4.69) is 40.3 Å². The number of carbonyl (C=O) groups excluding carboxylic acids is 1. The van der Waals surface area contributed by atoms with E-state index in [0.29, 0.717) is 23.7 Å². The summed E-state index contributed by atoms with van der Waals surface area (Å²) in [4.78, 5) is 11.2. The van der Waals surface area contributed by atoms with Gasteiger partial charge in [0.05, 0.1) is 19.3 Å². The Kier molecular flexibility index (Phi) is 8.51. The molecule has 1 aliphatic rings. The number of esters is 1. The number of halogens is 1. The average Bonchev–Trinajstić information content (AvgIpc) is 2.87. The van der Waals surface area contributed by atoms with Gasteiger partial charge in [0, 0.05) is 23.2 Å². The maximum atomic E-state index is 11.2. The summed E-state index contributed by atoms with van der Waals surface area (Å²) in [6.45, 7) is 3.96. The van der Waals surface area contributed by atoms with Crippen LogP contribution in [0.4, 0.5) is 0 Å². The van der Waals surface area contributed by atoms with Crippen LogP contribution in [0.15, 0.2) is 12.2 Å². The van der Waals surface area contributed by atoms with Crippen molar-refractivity contribution in [2.45, 2.75) is 57.3 Å². The molecule has 0 aromatic heterocycles. The quantitative estimate of drug-likeness (QED) is 0.275. The molecule has 0 bridgehead atoms. The molecule has 6 heteroatoms. The van der Waals surface area contributed by atoms with Crippen LogP contribution in [0.25, 0.3) is 0 Å². The van der Waals surface area contributed by atoms with Gasteiger partial charge in [-0.2, -0.15) is 5.26 Å². The minimum Gasteiger partial charge on any atom is -0.469 e. The predicted molar refractivity (Wildman–Crippen MR) is 96.1 cm³/mol. The highest BCUT2D eigenvalue weighted by atomic mass is 127. The van der Waals surface area contributed by atoms with Crippen LogP contribution < -0.4 is 0 Å². The van der Waals surface area contributed by atoms with E-state index in [4.69, 9.17) is 10.00 Å². The Morgan fingerprint density at radius 3 is 2.87 bits per heavy atom. The Hall–Kier alpha value is -0.650. The van der Waals surface area contributed by atoms with Gasteiger partial charge in [-0.05, 0) is 25.7 Å². The fourth-order valence-corrected chi connectivity index (χ4v) is 3.52. The highest BCUT2D eigenvalue weighted by molar-refractivity contribution is 14.1. The van der Waals surface area contributed by atoms with E-state index in [1.165, 1.54) is 7.11 Å². The lowest BCUT2D eigenvalue weighted by Crippen LogP contribution is -2.38. The first-order valence-corrected chi connectivity index (χ1v) is 9.45. The number of hydrogen-bond acceptors (Lipinski definition) is 5. The highest BCUT2D eigenvalue weighted by Crippen LogP contribution is 2.35. The third-order valence-corrected chi connectivity index (χ3v) is 5.46. The van der Waals surface area contributed by atoms with Crippen LogP contribution in [0.5, 0.6) is 0 Å². The number of carbonyl (C=O) groups is 1. The molecule has 1 heterocycles. The highest BCUT2D eigenvalue weighted by Gasteiger charge is 2.45. The number of rotatable bonds is 8. The summed E-state index contributed by atoms with van der Waals surface area (Å²) in [5.41, 5.74) is -0.904. The SMILES string of the molecule is COC(=O)CCC1CC(O)(CI)C(/C=C\[C@@H](C)C[C@@H](C)C#N)O1. The fourth-order valence-electron chi connectivity index (χ4n) is 2.78. The molecule has 0 spiro atoms. The molecule has 0 aromatic rings. The van der Waals surface area contributed by atoms with E-state index in [0.717, 1.165) is 6.42 Å². The zero-order valence-corrected chi connectivity index (χ0v) is 16.2. The van der Waals surface area contributed by atoms with Crippen molar-refractivity contribution in [2.24, 2.45) is 11.8 Å². The van der Waals surface area contributed by atoms with Crippen molar-refractivity contribution < 1.29 is 19.4 Å². The molecule has 1 saturated heterocycles. The van der Waals surface area contributed by atoms with Crippen molar-refractivity contribution in [3.63, 3.8) is 0 Å². The molecule has 0 aliphatic carbocycles. The maximum Gasteiger partial charge on any atom is 0.305 e. The molecule has 1 N–H and O–H groups in total. The molecule has 1 fully saturated rings. The number of methoxy groups -OCH3 is 1. The Morgan fingerprint density at radius 1 is 1.61 bits per heavy atom. The zero-order chi connectivity index (χ0) is 17.5. The van der Waals surface area contributed by atoms with E-state index in [-0.39, 0.29) is 30.0 Å². The summed E-state index contributed by atoms with van der Waals surface area (Å²) in [6.07, 6.45) is 5.56. The van der Waals surface area contributed by atoms with Crippen molar-refractivity contribution in [3.8, 4) is 6.07 Å². The van der Waals surface area contributed by atoms with Gasteiger partial charge in [-0.1, -0.05) is 41.7 Å². The third-order valence-electron chi connectivity index (χ3n) is 4.14. The van der Waals surface area contributed by atoms with E-state index in [9.17, 15) is 9.90 Å². The van der Waals surface area contributed by atoms with Gasteiger partial charge < -0.3 is 14.6 Å². The standard InChI is InChI=1S/C17H26INO4/c1-12(8-13(2)10-19)4-6-15-17(21,11-18)9-14(23-15)5-7-16(20)22-3/h4,6,12-15,21H,5,7-9,11H2,1-3H3/b6-4-/t12-,13-,14?,15?,17?/m1/s1. The van der Waals surface area contributed by atoms with Crippen molar-refractivity contribution in [3.05, 3.63) is 12.2 Å². The molecule has 0 aromatic carbocycles. The van der Waals surface area contributed by atoms with Gasteiger partial charge in [-0.15, -0.1) is 0 Å². The van der Waals surface area contributed by atoms with E-state index >= 15 is 0 Å². The van der Waals surface area contributed by atoms with Gasteiger partial charge in [0.25, 0.3) is 0 Å². The number of nitrogens with zero attached hydrogens (tertiary/aromatic N) is 1. The van der Waals surface area contributed by atoms with E-state index < -0.39 is 5.60 Å². The van der Waals surface area contributed by atoms with E-state index in [1.54, 1.807) is 0 Å². The molecule has 1 rings (SSSR count). The fraction of sp³-hybridized carbons (Fsp3) is 0.765. The Bertz CT molecular complexity index is 462. The van der Waals surface area contributed by atoms with Gasteiger partial charge in [0.1, 0.15) is 11.7 Å². The zero-order valence-electron chi connectivity index (χ0n) is 14.0. The summed E-state index contributed by atoms with van der Waals surface area (Å²) in [5, 5.41) is 19.6. The van der Waals surface area contributed by atoms with Crippen LogP contribution in [0.1, 0.15) is 39.5 Å². The van der Waals surface area contributed by atoms with Gasteiger partial charge >= 0.3 is 5.97 Å². The number of allylic oxidation sites excluding steroid dienone is 1. The molecule has 0 saturated carbocycles. The number of hydrogen-bond donors (Lipinski definition) is 1. The smallest absolute Gasteiger partial charge is 0.305 e. The van der Waals surface area contributed by atoms with E-state index in [1.807, 2.05) is 19.1 Å². The molecule has 3 unspecified atom stereocenters. The Labute approximate surface area is 152 Å². The molecule has 23 heavy (non-hydrogen) atoms. The lowest BCUT2D eigenvalue weighted by atomic mass is 9.92. The first-order valence-electron chi connectivity index (χ1n) is 7.93.